The molecule has 3 heterocycles. The molecule has 1 saturated heterocycles. The van der Waals surface area contributed by atoms with Crippen molar-refractivity contribution in [1.82, 2.24) is 19.9 Å². The second-order valence-corrected chi connectivity index (χ2v) is 7.19. The maximum absolute atomic E-state index is 12.0. The van der Waals surface area contributed by atoms with E-state index in [9.17, 15) is 4.79 Å². The quantitative estimate of drug-likeness (QED) is 0.887. The first-order valence-corrected chi connectivity index (χ1v) is 9.41. The Kier molecular flexibility index (Phi) is 5.88. The Labute approximate surface area is 160 Å². The van der Waals surface area contributed by atoms with Crippen LogP contribution in [0.2, 0.25) is 0 Å². The molecule has 1 fully saturated rings. The minimum atomic E-state index is -0.226. The zero-order chi connectivity index (χ0) is 19.4. The number of aryl methyl sites for hydroxylation is 1. The number of likely N-dealkylation sites (tertiary alicyclic amines) is 1. The van der Waals surface area contributed by atoms with E-state index < -0.39 is 0 Å². The van der Waals surface area contributed by atoms with Gasteiger partial charge in [0, 0.05) is 48.3 Å². The molecule has 0 aromatic carbocycles. The molecule has 0 atom stereocenters. The molecule has 144 valence electrons. The molecule has 1 aliphatic heterocycles. The highest BCUT2D eigenvalue weighted by Crippen LogP contribution is 2.24. The van der Waals surface area contributed by atoms with E-state index in [1.165, 1.54) is 0 Å². The van der Waals surface area contributed by atoms with Gasteiger partial charge in [0.05, 0.1) is 6.10 Å². The largest absolute Gasteiger partial charge is 0.447 e. The number of nitrogens with zero attached hydrogens (tertiary/aromatic N) is 4. The Morgan fingerprint density at radius 1 is 1.26 bits per heavy atom. The summed E-state index contributed by atoms with van der Waals surface area (Å²) in [5.74, 6) is 1.52. The van der Waals surface area contributed by atoms with E-state index in [-0.39, 0.29) is 18.2 Å². The summed E-state index contributed by atoms with van der Waals surface area (Å²) < 4.78 is 5.28. The lowest BCUT2D eigenvalue weighted by molar-refractivity contribution is 0.0701. The maximum atomic E-state index is 12.0. The van der Waals surface area contributed by atoms with Gasteiger partial charge in [0.15, 0.2) is 5.82 Å². The van der Waals surface area contributed by atoms with Gasteiger partial charge in [0.2, 0.25) is 0 Å². The third-order valence-electron chi connectivity index (χ3n) is 4.74. The summed E-state index contributed by atoms with van der Waals surface area (Å²) in [7, 11) is 0. The van der Waals surface area contributed by atoms with E-state index in [0.717, 1.165) is 35.5 Å². The molecule has 0 unspecified atom stereocenters. The van der Waals surface area contributed by atoms with Crippen LogP contribution in [0, 0.1) is 13.8 Å². The number of pyridine rings is 1. The number of nitrogens with one attached hydrogen (secondary N) is 1. The molecule has 0 bridgehead atoms. The van der Waals surface area contributed by atoms with Gasteiger partial charge in [-0.05, 0) is 52.7 Å². The molecule has 7 nitrogen and oxygen atoms in total. The van der Waals surface area contributed by atoms with E-state index >= 15 is 0 Å². The molecule has 1 amide bonds. The van der Waals surface area contributed by atoms with Gasteiger partial charge in [0.1, 0.15) is 5.82 Å². The number of hydrogen-bond acceptors (Lipinski definition) is 6. The van der Waals surface area contributed by atoms with Crippen LogP contribution in [0.5, 0.6) is 0 Å². The number of aromatic nitrogens is 3. The highest BCUT2D eigenvalue weighted by molar-refractivity contribution is 5.68. The smallest absolute Gasteiger partial charge is 0.410 e. The third kappa shape index (κ3) is 4.72. The lowest BCUT2D eigenvalue weighted by Crippen LogP contribution is -2.43. The van der Waals surface area contributed by atoms with E-state index in [4.69, 9.17) is 9.72 Å². The van der Waals surface area contributed by atoms with Crippen LogP contribution in [0.25, 0.3) is 11.4 Å². The Morgan fingerprint density at radius 2 is 2.00 bits per heavy atom. The summed E-state index contributed by atoms with van der Waals surface area (Å²) in [6.07, 6.45) is 4.91. The number of rotatable bonds is 4. The molecule has 27 heavy (non-hydrogen) atoms. The first kappa shape index (κ1) is 19.1. The number of piperidine rings is 1. The lowest BCUT2D eigenvalue weighted by atomic mass is 10.0. The number of hydrogen-bond donors (Lipinski definition) is 1. The Hall–Kier alpha value is -2.70. The number of anilines is 1. The van der Waals surface area contributed by atoms with Crippen LogP contribution >= 0.6 is 0 Å². The fourth-order valence-electron chi connectivity index (χ4n) is 3.07. The highest BCUT2D eigenvalue weighted by atomic mass is 16.6. The van der Waals surface area contributed by atoms with E-state index in [1.54, 1.807) is 17.3 Å². The zero-order valence-electron chi connectivity index (χ0n) is 16.4. The van der Waals surface area contributed by atoms with Crippen molar-refractivity contribution in [2.24, 2.45) is 0 Å². The lowest BCUT2D eigenvalue weighted by Gasteiger charge is -2.32. The van der Waals surface area contributed by atoms with Crippen LogP contribution in [-0.2, 0) is 4.74 Å². The average Bonchev–Trinajstić information content (AvgIpc) is 2.66. The van der Waals surface area contributed by atoms with Crippen molar-refractivity contribution in [2.45, 2.75) is 52.7 Å². The van der Waals surface area contributed by atoms with Crippen molar-refractivity contribution in [3.05, 3.63) is 35.8 Å². The van der Waals surface area contributed by atoms with Crippen LogP contribution in [0.4, 0.5) is 10.6 Å². The molecular weight excluding hydrogens is 342 g/mol. The summed E-state index contributed by atoms with van der Waals surface area (Å²) in [6, 6.07) is 4.11. The molecule has 3 rings (SSSR count). The fraction of sp³-hybridized carbons (Fsp3) is 0.500. The van der Waals surface area contributed by atoms with Crippen molar-refractivity contribution >= 4 is 11.9 Å². The molecule has 1 aliphatic rings. The van der Waals surface area contributed by atoms with Crippen molar-refractivity contribution in [3.8, 4) is 11.4 Å². The van der Waals surface area contributed by atoms with Gasteiger partial charge in [-0.2, -0.15) is 0 Å². The zero-order valence-corrected chi connectivity index (χ0v) is 16.4. The second kappa shape index (κ2) is 8.33. The van der Waals surface area contributed by atoms with Gasteiger partial charge in [-0.1, -0.05) is 0 Å². The second-order valence-electron chi connectivity index (χ2n) is 7.19. The average molecular weight is 369 g/mol. The SMILES string of the molecule is Cc1nc(-c2cccnc2)nc(NC2CCN(C(=O)OC(C)C)CC2)c1C. The highest BCUT2D eigenvalue weighted by Gasteiger charge is 2.25. The Balaban J connectivity index is 1.68. The fourth-order valence-corrected chi connectivity index (χ4v) is 3.07. The molecule has 2 aromatic rings. The minimum absolute atomic E-state index is 0.0918. The van der Waals surface area contributed by atoms with E-state index in [1.807, 2.05) is 39.8 Å². The molecule has 2 aromatic heterocycles. The number of carbonyl (C=O) groups excluding carboxylic acids is 1. The van der Waals surface area contributed by atoms with Crippen LogP contribution in [0.15, 0.2) is 24.5 Å². The first-order chi connectivity index (χ1) is 12.9. The standard InChI is InChI=1S/C20H27N5O2/c1-13(2)27-20(26)25-10-7-17(8-11-25)23-18-14(3)15(4)22-19(24-18)16-6-5-9-21-12-16/h5-6,9,12-13,17H,7-8,10-11H2,1-4H3,(H,22,23,24). The molecule has 7 heteroatoms. The van der Waals surface area contributed by atoms with Gasteiger partial charge in [-0.25, -0.2) is 14.8 Å². The molecule has 1 N–H and O–H groups in total. The van der Waals surface area contributed by atoms with Crippen molar-refractivity contribution in [3.63, 3.8) is 0 Å². The van der Waals surface area contributed by atoms with Crippen molar-refractivity contribution in [1.29, 1.82) is 0 Å². The van der Waals surface area contributed by atoms with Crippen molar-refractivity contribution < 1.29 is 9.53 Å². The van der Waals surface area contributed by atoms with E-state index in [0.29, 0.717) is 18.9 Å². The molecule has 0 saturated carbocycles. The Morgan fingerprint density at radius 3 is 2.63 bits per heavy atom. The van der Waals surface area contributed by atoms with Gasteiger partial charge >= 0.3 is 6.09 Å². The van der Waals surface area contributed by atoms with Crippen LogP contribution in [-0.4, -0.2) is 51.2 Å². The number of carbonyl (C=O) groups is 1. The van der Waals surface area contributed by atoms with Gasteiger partial charge in [-0.15, -0.1) is 0 Å². The number of amides is 1. The number of ether oxygens (including phenoxy) is 1. The summed E-state index contributed by atoms with van der Waals surface area (Å²) in [6.45, 7) is 9.12. The maximum Gasteiger partial charge on any atom is 0.410 e. The molecule has 0 aliphatic carbocycles. The van der Waals surface area contributed by atoms with Gasteiger partial charge < -0.3 is 15.0 Å². The first-order valence-electron chi connectivity index (χ1n) is 9.41. The van der Waals surface area contributed by atoms with Crippen LogP contribution in [0.1, 0.15) is 37.9 Å². The summed E-state index contributed by atoms with van der Waals surface area (Å²) in [5.41, 5.74) is 2.89. The Bertz CT molecular complexity index is 786. The van der Waals surface area contributed by atoms with Gasteiger partial charge in [-0.3, -0.25) is 4.98 Å². The van der Waals surface area contributed by atoms with Gasteiger partial charge in [0.25, 0.3) is 0 Å². The van der Waals surface area contributed by atoms with Crippen LogP contribution < -0.4 is 5.32 Å². The minimum Gasteiger partial charge on any atom is -0.447 e. The molecular formula is C20H27N5O2. The normalized spacial score (nSPS) is 15.1. The third-order valence-corrected chi connectivity index (χ3v) is 4.74. The monoisotopic (exact) mass is 369 g/mol. The predicted molar refractivity (Wildman–Crippen MR) is 105 cm³/mol. The molecule has 0 spiro atoms. The summed E-state index contributed by atoms with van der Waals surface area (Å²) in [5, 5.41) is 3.55. The molecule has 0 radical (unpaired) electrons. The predicted octanol–water partition coefficient (Wildman–Crippen LogP) is 3.58. The van der Waals surface area contributed by atoms with Crippen molar-refractivity contribution in [2.75, 3.05) is 18.4 Å². The van der Waals surface area contributed by atoms with Crippen LogP contribution in [0.3, 0.4) is 0 Å². The topological polar surface area (TPSA) is 80.2 Å². The van der Waals surface area contributed by atoms with E-state index in [2.05, 4.69) is 15.3 Å². The summed E-state index contributed by atoms with van der Waals surface area (Å²) >= 11 is 0. The summed E-state index contributed by atoms with van der Waals surface area (Å²) in [4.78, 5) is 27.3.